The van der Waals surface area contributed by atoms with Crippen molar-refractivity contribution >= 4 is 49.5 Å². The molecule has 0 bridgehead atoms. The van der Waals surface area contributed by atoms with Gasteiger partial charge in [0.05, 0.1) is 22.0 Å². The summed E-state index contributed by atoms with van der Waals surface area (Å²) in [7, 11) is -3.89. The van der Waals surface area contributed by atoms with Gasteiger partial charge in [0.2, 0.25) is 0 Å². The first-order chi connectivity index (χ1) is 16.0. The van der Waals surface area contributed by atoms with Crippen molar-refractivity contribution in [1.82, 2.24) is 0 Å². The van der Waals surface area contributed by atoms with E-state index < -0.39 is 10.0 Å². The first kappa shape index (κ1) is 20.8. The minimum absolute atomic E-state index is 0.110. The van der Waals surface area contributed by atoms with Crippen LogP contribution in [0.1, 0.15) is 17.3 Å². The van der Waals surface area contributed by atoms with E-state index in [0.29, 0.717) is 34.3 Å². The molecule has 8 heteroatoms. The second kappa shape index (κ2) is 8.14. The van der Waals surface area contributed by atoms with Gasteiger partial charge in [-0.15, -0.1) is 0 Å². The van der Waals surface area contributed by atoms with E-state index in [2.05, 4.69) is 15.0 Å². The Balaban J connectivity index is 1.44. The predicted molar refractivity (Wildman–Crippen MR) is 129 cm³/mol. The Kier molecular flexibility index (Phi) is 5.14. The van der Waals surface area contributed by atoms with Gasteiger partial charge in [0.25, 0.3) is 15.9 Å². The van der Waals surface area contributed by atoms with E-state index in [-0.39, 0.29) is 10.8 Å². The van der Waals surface area contributed by atoms with Crippen LogP contribution >= 0.6 is 0 Å². The van der Waals surface area contributed by atoms with Gasteiger partial charge in [0.1, 0.15) is 0 Å². The smallest absolute Gasteiger partial charge is 0.262 e. The average molecular weight is 457 g/mol. The Morgan fingerprint density at radius 3 is 2.21 bits per heavy atom. The normalized spacial score (nSPS) is 13.2. The van der Waals surface area contributed by atoms with Crippen molar-refractivity contribution in [3.63, 3.8) is 0 Å². The molecular weight excluding hydrogens is 436 g/mol. The highest BCUT2D eigenvalue weighted by Crippen LogP contribution is 2.40. The molecule has 0 fully saturated rings. The fourth-order valence-electron chi connectivity index (χ4n) is 3.98. The number of benzene rings is 4. The van der Waals surface area contributed by atoms with Crippen LogP contribution in [0.2, 0.25) is 0 Å². The van der Waals surface area contributed by atoms with E-state index >= 15 is 0 Å². The summed E-state index contributed by atoms with van der Waals surface area (Å²) in [6.45, 7) is 2.41. The first-order valence-electron chi connectivity index (χ1n) is 10.5. The topological polar surface area (TPSA) is 91.2 Å². The lowest BCUT2D eigenvalue weighted by Gasteiger charge is -2.16. The van der Waals surface area contributed by atoms with Gasteiger partial charge in [-0.3, -0.25) is 9.52 Å². The maximum absolute atomic E-state index is 13.2. The van der Waals surface area contributed by atoms with Crippen LogP contribution < -0.4 is 9.62 Å². The molecule has 0 atom stereocenters. The van der Waals surface area contributed by atoms with E-state index in [0.717, 1.165) is 11.4 Å². The second-order valence-corrected chi connectivity index (χ2v) is 9.20. The van der Waals surface area contributed by atoms with E-state index in [4.69, 9.17) is 0 Å². The molecule has 1 amide bonds. The molecule has 0 radical (unpaired) electrons. The molecule has 0 unspecified atom stereocenters. The van der Waals surface area contributed by atoms with E-state index in [1.165, 1.54) is 0 Å². The van der Waals surface area contributed by atoms with Crippen molar-refractivity contribution < 1.29 is 13.2 Å². The maximum Gasteiger partial charge on any atom is 0.262 e. The number of hydrogen-bond acceptors (Lipinski definition) is 5. The number of azo groups is 1. The minimum atomic E-state index is -3.89. The van der Waals surface area contributed by atoms with Gasteiger partial charge < -0.3 is 4.90 Å². The third-order valence-electron chi connectivity index (χ3n) is 5.51. The van der Waals surface area contributed by atoms with Gasteiger partial charge in [-0.05, 0) is 61.5 Å². The molecule has 0 spiro atoms. The van der Waals surface area contributed by atoms with Gasteiger partial charge in [-0.2, -0.15) is 10.2 Å². The van der Waals surface area contributed by atoms with Crippen LogP contribution in [0.4, 0.5) is 22.7 Å². The second-order valence-electron chi connectivity index (χ2n) is 7.55. The molecule has 164 valence electrons. The molecule has 1 aliphatic rings. The molecule has 1 heterocycles. The fourth-order valence-corrected chi connectivity index (χ4v) is 5.25. The summed E-state index contributed by atoms with van der Waals surface area (Å²) in [6, 6.07) is 24.4. The predicted octanol–water partition coefficient (Wildman–Crippen LogP) is 6.04. The number of carbonyl (C=O) groups excluding carboxylic acids is 1. The van der Waals surface area contributed by atoms with Crippen LogP contribution in [0.25, 0.3) is 10.8 Å². The van der Waals surface area contributed by atoms with Crippen LogP contribution in [0.15, 0.2) is 100 Å². The van der Waals surface area contributed by atoms with Crippen molar-refractivity contribution in [2.24, 2.45) is 10.2 Å². The number of rotatable bonds is 6. The first-order valence-corrected chi connectivity index (χ1v) is 11.9. The molecule has 33 heavy (non-hydrogen) atoms. The van der Waals surface area contributed by atoms with Crippen molar-refractivity contribution in [3.05, 3.63) is 90.5 Å². The maximum atomic E-state index is 13.2. The lowest BCUT2D eigenvalue weighted by Crippen LogP contribution is -2.25. The van der Waals surface area contributed by atoms with Crippen LogP contribution in [0.3, 0.4) is 0 Å². The molecule has 0 saturated heterocycles. The summed E-state index contributed by atoms with van der Waals surface area (Å²) in [5.74, 6) is -0.110. The van der Waals surface area contributed by atoms with Crippen LogP contribution in [-0.4, -0.2) is 20.9 Å². The van der Waals surface area contributed by atoms with Crippen molar-refractivity contribution in [1.29, 1.82) is 0 Å². The molecule has 1 N–H and O–H groups in total. The molecule has 1 aliphatic heterocycles. The molecule has 0 aromatic heterocycles. The summed E-state index contributed by atoms with van der Waals surface area (Å²) < 4.78 is 29.1. The summed E-state index contributed by atoms with van der Waals surface area (Å²) in [6.07, 6.45) is 0. The number of sulfonamides is 1. The van der Waals surface area contributed by atoms with Gasteiger partial charge in [0, 0.05) is 28.6 Å². The van der Waals surface area contributed by atoms with E-state index in [9.17, 15) is 13.2 Å². The van der Waals surface area contributed by atoms with E-state index in [1.54, 1.807) is 59.5 Å². The zero-order valence-corrected chi connectivity index (χ0v) is 18.6. The summed E-state index contributed by atoms with van der Waals surface area (Å²) in [4.78, 5) is 14.5. The van der Waals surface area contributed by atoms with Crippen LogP contribution in [0, 0.1) is 0 Å². The largest absolute Gasteiger partial charge is 0.308 e. The fraction of sp³-hybridized carbons (Fsp3) is 0.0800. The van der Waals surface area contributed by atoms with Crippen LogP contribution in [-0.2, 0) is 10.0 Å². The molecular formula is C25H20N4O3S. The number of anilines is 2. The highest BCUT2D eigenvalue weighted by atomic mass is 32.2. The zero-order chi connectivity index (χ0) is 23.0. The van der Waals surface area contributed by atoms with Crippen molar-refractivity contribution in [3.8, 4) is 0 Å². The van der Waals surface area contributed by atoms with Crippen molar-refractivity contribution in [2.75, 3.05) is 16.2 Å². The van der Waals surface area contributed by atoms with Crippen LogP contribution in [0.5, 0.6) is 0 Å². The Labute approximate surface area is 191 Å². The van der Waals surface area contributed by atoms with Gasteiger partial charge in [-0.25, -0.2) is 8.42 Å². The number of nitrogens with one attached hydrogen (secondary N) is 1. The number of nitrogens with zero attached hydrogens (tertiary/aromatic N) is 3. The SMILES string of the molecule is CCN1C(=O)c2cccc3c(S(=O)(=O)Nc4ccc(N=Nc5ccccc5)cc4)ccc1c23. The van der Waals surface area contributed by atoms with E-state index in [1.807, 2.05) is 37.3 Å². The zero-order valence-electron chi connectivity index (χ0n) is 17.8. The lowest BCUT2D eigenvalue weighted by atomic mass is 10.1. The Morgan fingerprint density at radius 1 is 0.818 bits per heavy atom. The Morgan fingerprint density at radius 2 is 1.52 bits per heavy atom. The quantitative estimate of drug-likeness (QED) is 0.359. The molecule has 4 aromatic rings. The monoisotopic (exact) mass is 456 g/mol. The molecule has 0 saturated carbocycles. The molecule has 5 rings (SSSR count). The minimum Gasteiger partial charge on any atom is -0.308 e. The summed E-state index contributed by atoms with van der Waals surface area (Å²) >= 11 is 0. The lowest BCUT2D eigenvalue weighted by molar-refractivity contribution is 0.0994. The Bertz CT molecular complexity index is 1500. The molecule has 4 aromatic carbocycles. The number of amides is 1. The number of carbonyl (C=O) groups is 1. The summed E-state index contributed by atoms with van der Waals surface area (Å²) in [5.41, 5.74) is 3.00. The third kappa shape index (κ3) is 3.74. The summed E-state index contributed by atoms with van der Waals surface area (Å²) in [5, 5.41) is 9.53. The van der Waals surface area contributed by atoms with Gasteiger partial charge >= 0.3 is 0 Å². The van der Waals surface area contributed by atoms with Gasteiger partial charge in [-0.1, -0.05) is 30.3 Å². The Hall–Kier alpha value is -4.04. The highest BCUT2D eigenvalue weighted by Gasteiger charge is 2.31. The molecule has 7 nitrogen and oxygen atoms in total. The standard InChI is InChI=1S/C25H20N4O3S/c1-2-29-22-15-16-23(20-9-6-10-21(24(20)22)25(29)30)33(31,32)28-19-13-11-18(12-14-19)27-26-17-7-4-3-5-8-17/h3-16,28H,2H2,1H3. The highest BCUT2D eigenvalue weighted by molar-refractivity contribution is 7.93. The third-order valence-corrected chi connectivity index (χ3v) is 6.95. The average Bonchev–Trinajstić information content (AvgIpc) is 3.11. The number of hydrogen-bond donors (Lipinski definition) is 1. The van der Waals surface area contributed by atoms with Gasteiger partial charge in [0.15, 0.2) is 0 Å². The molecule has 0 aliphatic carbocycles. The van der Waals surface area contributed by atoms with Crippen molar-refractivity contribution in [2.45, 2.75) is 11.8 Å².